The molecule has 0 unspecified atom stereocenters. The second kappa shape index (κ2) is 9.68. The van der Waals surface area contributed by atoms with E-state index in [1.807, 2.05) is 53.4 Å². The van der Waals surface area contributed by atoms with Crippen LogP contribution in [0, 0.1) is 0 Å². The van der Waals surface area contributed by atoms with Gasteiger partial charge in [0.1, 0.15) is 5.75 Å². The Morgan fingerprint density at radius 3 is 2.34 bits per heavy atom. The first-order valence-corrected chi connectivity index (χ1v) is 10.9. The Morgan fingerprint density at radius 1 is 0.969 bits per heavy atom. The molecule has 1 saturated heterocycles. The number of anilines is 2. The Labute approximate surface area is 189 Å². The Bertz CT molecular complexity index is 1040. The smallest absolute Gasteiger partial charge is 0.321 e. The van der Waals surface area contributed by atoms with Gasteiger partial charge in [-0.1, -0.05) is 38.1 Å². The van der Waals surface area contributed by atoms with E-state index in [4.69, 9.17) is 4.74 Å². The molecule has 0 spiro atoms. The monoisotopic (exact) mass is 431 g/mol. The first-order chi connectivity index (χ1) is 15.5. The van der Waals surface area contributed by atoms with Gasteiger partial charge < -0.3 is 19.9 Å². The lowest BCUT2D eigenvalue weighted by atomic mass is 10.0. The largest absolute Gasteiger partial charge is 0.497 e. The minimum Gasteiger partial charge on any atom is -0.497 e. The average Bonchev–Trinajstić information content (AvgIpc) is 2.84. The number of ether oxygens (including phenoxy) is 1. The molecule has 0 bridgehead atoms. The maximum absolute atomic E-state index is 12.6. The summed E-state index contributed by atoms with van der Waals surface area (Å²) in [5.74, 6) is 2.08. The highest BCUT2D eigenvalue weighted by atomic mass is 16.5. The molecule has 0 radical (unpaired) electrons. The van der Waals surface area contributed by atoms with Gasteiger partial charge in [-0.15, -0.1) is 10.2 Å². The quantitative estimate of drug-likeness (QED) is 0.638. The van der Waals surface area contributed by atoms with Crippen molar-refractivity contribution in [3.8, 4) is 17.0 Å². The molecule has 1 aliphatic rings. The summed E-state index contributed by atoms with van der Waals surface area (Å²) in [6, 6.07) is 19.7. The van der Waals surface area contributed by atoms with E-state index in [1.54, 1.807) is 7.11 Å². The molecule has 7 nitrogen and oxygen atoms in total. The Kier molecular flexibility index (Phi) is 6.54. The second-order valence-corrected chi connectivity index (χ2v) is 8.19. The molecule has 166 valence electrons. The third kappa shape index (κ3) is 4.99. The van der Waals surface area contributed by atoms with Crippen molar-refractivity contribution in [2.24, 2.45) is 0 Å². The van der Waals surface area contributed by atoms with Gasteiger partial charge in [-0.25, -0.2) is 4.79 Å². The highest BCUT2D eigenvalue weighted by Gasteiger charge is 2.22. The minimum atomic E-state index is -0.0681. The van der Waals surface area contributed by atoms with E-state index >= 15 is 0 Å². The van der Waals surface area contributed by atoms with E-state index in [-0.39, 0.29) is 6.03 Å². The summed E-state index contributed by atoms with van der Waals surface area (Å²) in [5.41, 5.74) is 3.84. The van der Waals surface area contributed by atoms with E-state index in [1.165, 1.54) is 5.56 Å². The molecule has 2 aromatic carbocycles. The van der Waals surface area contributed by atoms with Crippen LogP contribution in [0.5, 0.6) is 5.75 Å². The fraction of sp³-hybridized carbons (Fsp3) is 0.320. The van der Waals surface area contributed by atoms with Crippen molar-refractivity contribution in [1.82, 2.24) is 15.1 Å². The first kappa shape index (κ1) is 21.6. The van der Waals surface area contributed by atoms with Crippen molar-refractivity contribution in [2.45, 2.75) is 19.8 Å². The zero-order valence-corrected chi connectivity index (χ0v) is 18.8. The predicted octanol–water partition coefficient (Wildman–Crippen LogP) is 4.63. The molecule has 2 heterocycles. The van der Waals surface area contributed by atoms with Crippen LogP contribution >= 0.6 is 0 Å². The number of hydrogen-bond acceptors (Lipinski definition) is 5. The molecule has 0 aliphatic carbocycles. The zero-order chi connectivity index (χ0) is 22.5. The molecule has 1 N–H and O–H groups in total. The van der Waals surface area contributed by atoms with Crippen molar-refractivity contribution in [2.75, 3.05) is 43.5 Å². The summed E-state index contributed by atoms with van der Waals surface area (Å²) in [6.07, 6.45) is 0. The number of amides is 2. The number of urea groups is 1. The lowest BCUT2D eigenvalue weighted by Gasteiger charge is -2.35. The maximum atomic E-state index is 12.6. The lowest BCUT2D eigenvalue weighted by Crippen LogP contribution is -2.50. The van der Waals surface area contributed by atoms with E-state index < -0.39 is 0 Å². The number of piperazine rings is 1. The topological polar surface area (TPSA) is 70.6 Å². The predicted molar refractivity (Wildman–Crippen MR) is 127 cm³/mol. The molecule has 1 fully saturated rings. The number of nitrogens with one attached hydrogen (secondary N) is 1. The molecule has 3 aromatic rings. The number of rotatable bonds is 5. The van der Waals surface area contributed by atoms with E-state index in [0.29, 0.717) is 32.1 Å². The summed E-state index contributed by atoms with van der Waals surface area (Å²) in [5, 5.41) is 11.8. The highest BCUT2D eigenvalue weighted by molar-refractivity contribution is 5.89. The van der Waals surface area contributed by atoms with Crippen LogP contribution in [-0.4, -0.2) is 54.4 Å². The number of carbonyl (C=O) groups is 1. The van der Waals surface area contributed by atoms with Gasteiger partial charge in [0.15, 0.2) is 5.82 Å². The summed E-state index contributed by atoms with van der Waals surface area (Å²) >= 11 is 0. The fourth-order valence-electron chi connectivity index (χ4n) is 3.72. The maximum Gasteiger partial charge on any atom is 0.321 e. The molecule has 1 aliphatic heterocycles. The van der Waals surface area contributed by atoms with Crippen molar-refractivity contribution in [1.29, 1.82) is 0 Å². The normalized spacial score (nSPS) is 13.9. The molecule has 4 rings (SSSR count). The van der Waals surface area contributed by atoms with Crippen molar-refractivity contribution in [3.63, 3.8) is 0 Å². The van der Waals surface area contributed by atoms with E-state index in [2.05, 4.69) is 46.4 Å². The second-order valence-electron chi connectivity index (χ2n) is 8.19. The van der Waals surface area contributed by atoms with E-state index in [0.717, 1.165) is 28.5 Å². The fourth-order valence-corrected chi connectivity index (χ4v) is 3.72. The number of aromatic nitrogens is 2. The van der Waals surface area contributed by atoms with Gasteiger partial charge in [0.05, 0.1) is 12.8 Å². The van der Waals surface area contributed by atoms with Gasteiger partial charge in [-0.05, 0) is 47.9 Å². The number of hydrogen-bond donors (Lipinski definition) is 1. The third-order valence-corrected chi connectivity index (χ3v) is 5.74. The third-order valence-electron chi connectivity index (χ3n) is 5.74. The lowest BCUT2D eigenvalue weighted by molar-refractivity contribution is 0.208. The molecular weight excluding hydrogens is 402 g/mol. The number of carbonyl (C=O) groups excluding carboxylic acids is 1. The molecule has 0 saturated carbocycles. The van der Waals surface area contributed by atoms with Crippen LogP contribution < -0.4 is 15.0 Å². The average molecular weight is 432 g/mol. The van der Waals surface area contributed by atoms with Crippen molar-refractivity contribution in [3.05, 3.63) is 66.2 Å². The van der Waals surface area contributed by atoms with Gasteiger partial charge in [-0.2, -0.15) is 0 Å². The van der Waals surface area contributed by atoms with Crippen LogP contribution in [0.15, 0.2) is 60.7 Å². The van der Waals surface area contributed by atoms with Crippen LogP contribution in [-0.2, 0) is 0 Å². The molecule has 0 atom stereocenters. The number of methoxy groups -OCH3 is 1. The molecule has 7 heteroatoms. The molecular formula is C25H29N5O2. The summed E-state index contributed by atoms with van der Waals surface area (Å²) in [6.45, 7) is 7.01. The molecule has 2 amide bonds. The van der Waals surface area contributed by atoms with Crippen LogP contribution in [0.1, 0.15) is 25.3 Å². The molecule has 32 heavy (non-hydrogen) atoms. The summed E-state index contributed by atoms with van der Waals surface area (Å²) in [7, 11) is 1.65. The van der Waals surface area contributed by atoms with Crippen molar-refractivity contribution < 1.29 is 9.53 Å². The van der Waals surface area contributed by atoms with Gasteiger partial charge >= 0.3 is 6.03 Å². The number of benzene rings is 2. The summed E-state index contributed by atoms with van der Waals surface area (Å²) < 4.78 is 5.28. The zero-order valence-electron chi connectivity index (χ0n) is 18.8. The Balaban J connectivity index is 1.32. The Morgan fingerprint density at radius 2 is 1.72 bits per heavy atom. The van der Waals surface area contributed by atoms with Gasteiger partial charge in [0.2, 0.25) is 0 Å². The Hall–Kier alpha value is -3.61. The minimum absolute atomic E-state index is 0.0681. The van der Waals surface area contributed by atoms with Gasteiger partial charge in [0.25, 0.3) is 0 Å². The van der Waals surface area contributed by atoms with Crippen molar-refractivity contribution >= 4 is 17.5 Å². The van der Waals surface area contributed by atoms with Gasteiger partial charge in [-0.3, -0.25) is 0 Å². The van der Waals surface area contributed by atoms with Gasteiger partial charge in [0, 0.05) is 37.4 Å². The van der Waals surface area contributed by atoms with Crippen LogP contribution in [0.25, 0.3) is 11.3 Å². The molecule has 1 aromatic heterocycles. The van der Waals surface area contributed by atoms with E-state index in [9.17, 15) is 4.79 Å². The highest BCUT2D eigenvalue weighted by Crippen LogP contribution is 2.23. The summed E-state index contributed by atoms with van der Waals surface area (Å²) in [4.78, 5) is 16.6. The van der Waals surface area contributed by atoms with Crippen LogP contribution in [0.2, 0.25) is 0 Å². The first-order valence-electron chi connectivity index (χ1n) is 10.9. The SMILES string of the molecule is COc1cccc(-c2ccc(N3CCN(C(=O)Nc4ccc(C(C)C)cc4)CC3)nn2)c1. The standard InChI is InChI=1S/C25H29N5O2/c1-18(2)19-7-9-21(10-8-19)26-25(31)30-15-13-29(14-16-30)24-12-11-23(27-28-24)20-5-4-6-22(17-20)32-3/h4-12,17-18H,13-16H2,1-3H3,(H,26,31). The van der Waals surface area contributed by atoms with Crippen LogP contribution in [0.4, 0.5) is 16.3 Å². The number of nitrogens with zero attached hydrogens (tertiary/aromatic N) is 4. The van der Waals surface area contributed by atoms with Crippen LogP contribution in [0.3, 0.4) is 0 Å².